The largest absolute Gasteiger partial charge is 0.313 e. The maximum Gasteiger partial charge on any atom is 0.0906 e. The number of alkyl halides is 1. The van der Waals surface area contributed by atoms with Crippen LogP contribution < -0.4 is 5.32 Å². The van der Waals surface area contributed by atoms with E-state index in [1.165, 1.54) is 11.1 Å². The lowest BCUT2D eigenvalue weighted by atomic mass is 10.0. The molecule has 1 N–H and O–H groups in total. The van der Waals surface area contributed by atoms with Crippen molar-refractivity contribution in [3.05, 3.63) is 35.4 Å². The van der Waals surface area contributed by atoms with E-state index in [2.05, 4.69) is 43.4 Å². The Morgan fingerprint density at radius 2 is 1.87 bits per heavy atom. The Kier molecular flexibility index (Phi) is 5.33. The van der Waals surface area contributed by atoms with Crippen LogP contribution in [0.5, 0.6) is 0 Å². The minimum Gasteiger partial charge on any atom is -0.313 e. The van der Waals surface area contributed by atoms with Crippen molar-refractivity contribution in [2.75, 3.05) is 13.2 Å². The Bertz CT molecular complexity index is 266. The first-order valence-corrected chi connectivity index (χ1v) is 5.59. The van der Waals surface area contributed by atoms with Gasteiger partial charge in [-0.15, -0.1) is 0 Å². The molecule has 0 aliphatic carbocycles. The molecule has 0 spiro atoms. The Labute approximate surface area is 91.7 Å². The Morgan fingerprint density at radius 3 is 2.40 bits per heavy atom. The minimum absolute atomic E-state index is 0.237. The first-order chi connectivity index (χ1) is 7.24. The summed E-state index contributed by atoms with van der Waals surface area (Å²) in [4.78, 5) is 0. The fourth-order valence-electron chi connectivity index (χ4n) is 1.44. The van der Waals surface area contributed by atoms with Gasteiger partial charge in [0.25, 0.3) is 0 Å². The van der Waals surface area contributed by atoms with Gasteiger partial charge in [0.1, 0.15) is 0 Å². The molecule has 0 fully saturated rings. The van der Waals surface area contributed by atoms with Crippen LogP contribution in [0.15, 0.2) is 24.3 Å². The summed E-state index contributed by atoms with van der Waals surface area (Å²) in [5.41, 5.74) is 2.63. The average molecular weight is 209 g/mol. The summed E-state index contributed by atoms with van der Waals surface area (Å²) in [7, 11) is 0. The highest BCUT2D eigenvalue weighted by atomic mass is 19.1. The third-order valence-corrected chi connectivity index (χ3v) is 2.46. The maximum atomic E-state index is 11.8. The molecule has 0 unspecified atom stereocenters. The van der Waals surface area contributed by atoms with E-state index in [1.807, 2.05) is 0 Å². The molecule has 0 aromatic heterocycles. The van der Waals surface area contributed by atoms with Crippen molar-refractivity contribution in [2.24, 2.45) is 0 Å². The number of halogens is 1. The van der Waals surface area contributed by atoms with Gasteiger partial charge in [0, 0.05) is 6.54 Å². The molecule has 0 atom stereocenters. The van der Waals surface area contributed by atoms with E-state index in [-0.39, 0.29) is 6.67 Å². The third kappa shape index (κ3) is 4.43. The zero-order chi connectivity index (χ0) is 11.1. The number of hydrogen-bond acceptors (Lipinski definition) is 1. The van der Waals surface area contributed by atoms with Gasteiger partial charge in [0.05, 0.1) is 6.67 Å². The van der Waals surface area contributed by atoms with Crippen LogP contribution in [-0.2, 0) is 6.54 Å². The van der Waals surface area contributed by atoms with Crippen LogP contribution in [0.1, 0.15) is 37.3 Å². The van der Waals surface area contributed by atoms with E-state index in [9.17, 15) is 4.39 Å². The van der Waals surface area contributed by atoms with Crippen molar-refractivity contribution in [3.63, 3.8) is 0 Å². The van der Waals surface area contributed by atoms with Crippen molar-refractivity contribution in [3.8, 4) is 0 Å². The van der Waals surface area contributed by atoms with Crippen LogP contribution >= 0.6 is 0 Å². The summed E-state index contributed by atoms with van der Waals surface area (Å²) in [6.45, 7) is 5.73. The first kappa shape index (κ1) is 12.2. The summed E-state index contributed by atoms with van der Waals surface area (Å²) in [5.74, 6) is 0.582. The molecule has 0 aliphatic rings. The molecular weight excluding hydrogens is 189 g/mol. The van der Waals surface area contributed by atoms with Gasteiger partial charge in [-0.1, -0.05) is 38.1 Å². The van der Waals surface area contributed by atoms with Crippen molar-refractivity contribution in [2.45, 2.75) is 32.7 Å². The van der Waals surface area contributed by atoms with Gasteiger partial charge in [0.2, 0.25) is 0 Å². The lowest BCUT2D eigenvalue weighted by Gasteiger charge is -2.07. The number of rotatable bonds is 6. The summed E-state index contributed by atoms with van der Waals surface area (Å²) in [6, 6.07) is 8.60. The minimum atomic E-state index is -0.237. The molecule has 1 aromatic rings. The van der Waals surface area contributed by atoms with Gasteiger partial charge in [0.15, 0.2) is 0 Å². The van der Waals surface area contributed by atoms with Crippen molar-refractivity contribution < 1.29 is 4.39 Å². The van der Waals surface area contributed by atoms with E-state index < -0.39 is 0 Å². The molecule has 84 valence electrons. The van der Waals surface area contributed by atoms with Gasteiger partial charge in [-0.3, -0.25) is 4.39 Å². The fraction of sp³-hybridized carbons (Fsp3) is 0.538. The zero-order valence-corrected chi connectivity index (χ0v) is 9.59. The summed E-state index contributed by atoms with van der Waals surface area (Å²) in [6.07, 6.45) is 0.601. The number of benzene rings is 1. The SMILES string of the molecule is CC(C)c1ccc(CNCCCF)cc1. The lowest BCUT2D eigenvalue weighted by molar-refractivity contribution is 0.459. The molecular formula is C13H20FN. The highest BCUT2D eigenvalue weighted by Crippen LogP contribution is 2.14. The molecule has 1 rings (SSSR count). The predicted octanol–water partition coefficient (Wildman–Crippen LogP) is 3.26. The summed E-state index contributed by atoms with van der Waals surface area (Å²) >= 11 is 0. The molecule has 15 heavy (non-hydrogen) atoms. The quantitative estimate of drug-likeness (QED) is 0.709. The molecule has 0 saturated carbocycles. The van der Waals surface area contributed by atoms with Gasteiger partial charge in [-0.05, 0) is 30.0 Å². The standard InChI is InChI=1S/C13H20FN/c1-11(2)13-6-4-12(5-7-13)10-15-9-3-8-14/h4-7,11,15H,3,8-10H2,1-2H3. The van der Waals surface area contributed by atoms with Crippen molar-refractivity contribution in [1.29, 1.82) is 0 Å². The second kappa shape index (κ2) is 6.57. The molecule has 0 bridgehead atoms. The van der Waals surface area contributed by atoms with Crippen LogP contribution in [0.2, 0.25) is 0 Å². The molecule has 0 heterocycles. The van der Waals surface area contributed by atoms with E-state index in [1.54, 1.807) is 0 Å². The van der Waals surface area contributed by atoms with Crippen LogP contribution in [0.25, 0.3) is 0 Å². The molecule has 0 amide bonds. The van der Waals surface area contributed by atoms with E-state index in [0.717, 1.165) is 13.1 Å². The van der Waals surface area contributed by atoms with Crippen LogP contribution in [0, 0.1) is 0 Å². The fourth-order valence-corrected chi connectivity index (χ4v) is 1.44. The number of hydrogen-bond donors (Lipinski definition) is 1. The molecule has 0 aliphatic heterocycles. The first-order valence-electron chi connectivity index (χ1n) is 5.59. The summed E-state index contributed by atoms with van der Waals surface area (Å²) < 4.78 is 11.8. The lowest BCUT2D eigenvalue weighted by Crippen LogP contribution is -2.15. The molecule has 1 aromatic carbocycles. The smallest absolute Gasteiger partial charge is 0.0906 e. The second-order valence-corrected chi connectivity index (χ2v) is 4.12. The maximum absolute atomic E-state index is 11.8. The Balaban J connectivity index is 2.36. The van der Waals surface area contributed by atoms with E-state index in [0.29, 0.717) is 12.3 Å². The predicted molar refractivity (Wildman–Crippen MR) is 62.8 cm³/mol. The van der Waals surface area contributed by atoms with Crippen molar-refractivity contribution >= 4 is 0 Å². The third-order valence-electron chi connectivity index (χ3n) is 2.46. The van der Waals surface area contributed by atoms with E-state index >= 15 is 0 Å². The zero-order valence-electron chi connectivity index (χ0n) is 9.59. The van der Waals surface area contributed by atoms with Crippen LogP contribution in [0.3, 0.4) is 0 Å². The van der Waals surface area contributed by atoms with Gasteiger partial charge >= 0.3 is 0 Å². The average Bonchev–Trinajstić information content (AvgIpc) is 2.25. The normalized spacial score (nSPS) is 10.9. The number of nitrogens with one attached hydrogen (secondary N) is 1. The Morgan fingerprint density at radius 1 is 1.20 bits per heavy atom. The highest BCUT2D eigenvalue weighted by molar-refractivity contribution is 5.24. The van der Waals surface area contributed by atoms with Gasteiger partial charge in [-0.2, -0.15) is 0 Å². The van der Waals surface area contributed by atoms with E-state index in [4.69, 9.17) is 0 Å². The van der Waals surface area contributed by atoms with Crippen LogP contribution in [-0.4, -0.2) is 13.2 Å². The second-order valence-electron chi connectivity index (χ2n) is 4.12. The highest BCUT2D eigenvalue weighted by Gasteiger charge is 1.98. The van der Waals surface area contributed by atoms with Gasteiger partial charge in [-0.25, -0.2) is 0 Å². The molecule has 1 nitrogen and oxygen atoms in total. The van der Waals surface area contributed by atoms with Crippen LogP contribution in [0.4, 0.5) is 4.39 Å². The molecule has 2 heteroatoms. The monoisotopic (exact) mass is 209 g/mol. The topological polar surface area (TPSA) is 12.0 Å². The van der Waals surface area contributed by atoms with Crippen molar-refractivity contribution in [1.82, 2.24) is 5.32 Å². The summed E-state index contributed by atoms with van der Waals surface area (Å²) in [5, 5.41) is 3.21. The molecule has 0 radical (unpaired) electrons. The molecule has 0 saturated heterocycles. The van der Waals surface area contributed by atoms with Gasteiger partial charge < -0.3 is 5.32 Å². The Hall–Kier alpha value is -0.890.